The van der Waals surface area contributed by atoms with E-state index in [1.807, 2.05) is 18.5 Å². The number of benzene rings is 6. The van der Waals surface area contributed by atoms with Crippen molar-refractivity contribution in [3.63, 3.8) is 0 Å². The second kappa shape index (κ2) is 9.58. The van der Waals surface area contributed by atoms with Crippen LogP contribution in [0, 0.1) is 0 Å². The fourth-order valence-electron chi connectivity index (χ4n) is 5.99. The van der Waals surface area contributed by atoms with E-state index in [-0.39, 0.29) is 0 Å². The van der Waals surface area contributed by atoms with Gasteiger partial charge in [0.05, 0.1) is 11.0 Å². The summed E-state index contributed by atoms with van der Waals surface area (Å²) >= 11 is 0. The molecule has 0 bridgehead atoms. The normalized spacial score (nSPS) is 11.4. The SMILES string of the molecule is c1ccc(-c2ccc(-c3ccccc3-c3cnc(-n4c5ccccc5c5c6ccccc6ccc54)nc3)cc2)cc1. The molecule has 2 aromatic heterocycles. The second-order valence-electron chi connectivity index (χ2n) is 10.3. The van der Waals surface area contributed by atoms with Crippen LogP contribution in [-0.2, 0) is 0 Å². The van der Waals surface area contributed by atoms with Gasteiger partial charge in [-0.15, -0.1) is 0 Å². The van der Waals surface area contributed by atoms with Gasteiger partial charge in [0, 0.05) is 28.7 Å². The lowest BCUT2D eigenvalue weighted by molar-refractivity contribution is 0.990. The molecule has 41 heavy (non-hydrogen) atoms. The van der Waals surface area contributed by atoms with Crippen molar-refractivity contribution in [3.8, 4) is 39.3 Å². The summed E-state index contributed by atoms with van der Waals surface area (Å²) in [6.07, 6.45) is 3.89. The summed E-state index contributed by atoms with van der Waals surface area (Å²) in [4.78, 5) is 9.84. The predicted octanol–water partition coefficient (Wildman–Crippen LogP) is 9.73. The minimum Gasteiger partial charge on any atom is -0.278 e. The standard InChI is InChI=1S/C38H25N3/c1-2-10-26(11-3-1)27-18-20-29(21-19-27)31-13-6-7-14-32(31)30-24-39-38(40-25-30)41-35-17-9-8-16-34(35)37-33-15-5-4-12-28(33)22-23-36(37)41/h1-25H. The third-order valence-corrected chi connectivity index (χ3v) is 7.94. The Morgan fingerprint density at radius 2 is 0.976 bits per heavy atom. The van der Waals surface area contributed by atoms with E-state index >= 15 is 0 Å². The van der Waals surface area contributed by atoms with Gasteiger partial charge in [-0.05, 0) is 50.7 Å². The molecule has 6 aromatic carbocycles. The summed E-state index contributed by atoms with van der Waals surface area (Å²) in [7, 11) is 0. The minimum absolute atomic E-state index is 0.667. The Bertz CT molecular complexity index is 2180. The van der Waals surface area contributed by atoms with Crippen molar-refractivity contribution in [3.05, 3.63) is 152 Å². The summed E-state index contributed by atoms with van der Waals surface area (Å²) in [5.74, 6) is 0.667. The van der Waals surface area contributed by atoms with E-state index in [4.69, 9.17) is 9.97 Å². The molecule has 0 atom stereocenters. The smallest absolute Gasteiger partial charge is 0.234 e. The molecule has 0 N–H and O–H groups in total. The summed E-state index contributed by atoms with van der Waals surface area (Å²) in [5.41, 5.74) is 9.06. The summed E-state index contributed by atoms with van der Waals surface area (Å²) in [6.45, 7) is 0. The van der Waals surface area contributed by atoms with Gasteiger partial charge in [0.15, 0.2) is 0 Å². The first kappa shape index (κ1) is 23.4. The van der Waals surface area contributed by atoms with Gasteiger partial charge < -0.3 is 0 Å². The van der Waals surface area contributed by atoms with E-state index in [0.717, 1.165) is 27.7 Å². The Labute approximate surface area is 238 Å². The highest BCUT2D eigenvalue weighted by molar-refractivity contribution is 6.21. The maximum absolute atomic E-state index is 4.92. The lowest BCUT2D eigenvalue weighted by Gasteiger charge is -2.12. The molecule has 0 fully saturated rings. The molecule has 0 amide bonds. The van der Waals surface area contributed by atoms with Crippen molar-refractivity contribution >= 4 is 32.6 Å². The molecule has 0 aliphatic rings. The topological polar surface area (TPSA) is 30.7 Å². The Morgan fingerprint density at radius 1 is 0.390 bits per heavy atom. The Morgan fingerprint density at radius 3 is 1.76 bits per heavy atom. The number of hydrogen-bond donors (Lipinski definition) is 0. The van der Waals surface area contributed by atoms with Gasteiger partial charge in [0.1, 0.15) is 0 Å². The number of rotatable bonds is 4. The molecule has 0 unspecified atom stereocenters. The summed E-state index contributed by atoms with van der Waals surface area (Å²) < 4.78 is 2.18. The average Bonchev–Trinajstić information content (AvgIpc) is 3.40. The van der Waals surface area contributed by atoms with Crippen LogP contribution in [0.15, 0.2) is 152 Å². The minimum atomic E-state index is 0.667. The van der Waals surface area contributed by atoms with Gasteiger partial charge in [0.2, 0.25) is 5.95 Å². The third kappa shape index (κ3) is 3.90. The third-order valence-electron chi connectivity index (χ3n) is 7.94. The van der Waals surface area contributed by atoms with Gasteiger partial charge >= 0.3 is 0 Å². The largest absolute Gasteiger partial charge is 0.278 e. The van der Waals surface area contributed by atoms with Gasteiger partial charge in [-0.1, -0.05) is 127 Å². The molecule has 0 aliphatic carbocycles. The van der Waals surface area contributed by atoms with Crippen LogP contribution in [0.25, 0.3) is 71.9 Å². The van der Waals surface area contributed by atoms with Crippen LogP contribution in [0.1, 0.15) is 0 Å². The van der Waals surface area contributed by atoms with Crippen LogP contribution < -0.4 is 0 Å². The van der Waals surface area contributed by atoms with E-state index < -0.39 is 0 Å². The quantitative estimate of drug-likeness (QED) is 0.230. The lowest BCUT2D eigenvalue weighted by atomic mass is 9.94. The number of para-hydroxylation sites is 1. The maximum atomic E-state index is 4.92. The van der Waals surface area contributed by atoms with Gasteiger partial charge in [-0.2, -0.15) is 0 Å². The molecule has 192 valence electrons. The van der Waals surface area contributed by atoms with Crippen LogP contribution in [0.5, 0.6) is 0 Å². The molecule has 0 saturated carbocycles. The Kier molecular flexibility index (Phi) is 5.46. The van der Waals surface area contributed by atoms with E-state index in [2.05, 4.69) is 138 Å². The molecule has 0 aliphatic heterocycles. The van der Waals surface area contributed by atoms with Crippen molar-refractivity contribution in [2.45, 2.75) is 0 Å². The first-order chi connectivity index (χ1) is 20.3. The lowest BCUT2D eigenvalue weighted by Crippen LogP contribution is -2.01. The zero-order chi connectivity index (χ0) is 27.2. The molecule has 3 nitrogen and oxygen atoms in total. The highest BCUT2D eigenvalue weighted by Crippen LogP contribution is 2.37. The number of fused-ring (bicyclic) bond motifs is 5. The van der Waals surface area contributed by atoms with E-state index in [9.17, 15) is 0 Å². The Hall–Kier alpha value is -5.54. The average molecular weight is 524 g/mol. The molecule has 0 saturated heterocycles. The van der Waals surface area contributed by atoms with Crippen molar-refractivity contribution < 1.29 is 0 Å². The van der Waals surface area contributed by atoms with E-state index in [1.165, 1.54) is 38.2 Å². The summed E-state index contributed by atoms with van der Waals surface area (Å²) in [6, 6.07) is 49.1. The molecule has 8 rings (SSSR count). The Balaban J connectivity index is 1.22. The fraction of sp³-hybridized carbons (Fsp3) is 0. The molecular weight excluding hydrogens is 498 g/mol. The van der Waals surface area contributed by atoms with Crippen LogP contribution in [-0.4, -0.2) is 14.5 Å². The van der Waals surface area contributed by atoms with Crippen LogP contribution in [0.2, 0.25) is 0 Å². The zero-order valence-electron chi connectivity index (χ0n) is 22.3. The van der Waals surface area contributed by atoms with Crippen LogP contribution in [0.3, 0.4) is 0 Å². The zero-order valence-corrected chi connectivity index (χ0v) is 22.3. The predicted molar refractivity (Wildman–Crippen MR) is 170 cm³/mol. The molecule has 0 radical (unpaired) electrons. The first-order valence-electron chi connectivity index (χ1n) is 13.8. The van der Waals surface area contributed by atoms with Gasteiger partial charge in [0.25, 0.3) is 0 Å². The van der Waals surface area contributed by atoms with Crippen LogP contribution >= 0.6 is 0 Å². The number of aromatic nitrogens is 3. The van der Waals surface area contributed by atoms with Crippen molar-refractivity contribution in [2.75, 3.05) is 0 Å². The van der Waals surface area contributed by atoms with E-state index in [1.54, 1.807) is 0 Å². The molecule has 0 spiro atoms. The van der Waals surface area contributed by atoms with Crippen molar-refractivity contribution in [2.24, 2.45) is 0 Å². The number of hydrogen-bond acceptors (Lipinski definition) is 2. The van der Waals surface area contributed by atoms with E-state index in [0.29, 0.717) is 5.95 Å². The summed E-state index contributed by atoms with van der Waals surface area (Å²) in [5, 5.41) is 4.91. The monoisotopic (exact) mass is 523 g/mol. The van der Waals surface area contributed by atoms with Crippen LogP contribution in [0.4, 0.5) is 0 Å². The molecule has 3 heteroatoms. The fourth-order valence-corrected chi connectivity index (χ4v) is 5.99. The van der Waals surface area contributed by atoms with Crippen molar-refractivity contribution in [1.29, 1.82) is 0 Å². The molecule has 8 aromatic rings. The van der Waals surface area contributed by atoms with Crippen molar-refractivity contribution in [1.82, 2.24) is 14.5 Å². The number of nitrogens with zero attached hydrogens (tertiary/aromatic N) is 3. The van der Waals surface area contributed by atoms with Gasteiger partial charge in [-0.3, -0.25) is 4.57 Å². The highest BCUT2D eigenvalue weighted by Gasteiger charge is 2.16. The molecule has 2 heterocycles. The molecular formula is C38H25N3. The second-order valence-corrected chi connectivity index (χ2v) is 10.3. The maximum Gasteiger partial charge on any atom is 0.234 e. The first-order valence-corrected chi connectivity index (χ1v) is 13.8. The highest BCUT2D eigenvalue weighted by atomic mass is 15.1. The van der Waals surface area contributed by atoms with Gasteiger partial charge in [-0.25, -0.2) is 9.97 Å².